The van der Waals surface area contributed by atoms with Gasteiger partial charge in [-0.25, -0.2) is 9.97 Å². The van der Waals surface area contributed by atoms with Crippen molar-refractivity contribution in [3.63, 3.8) is 0 Å². The van der Waals surface area contributed by atoms with Gasteiger partial charge in [0.05, 0.1) is 29.1 Å². The van der Waals surface area contributed by atoms with E-state index in [9.17, 15) is 14.4 Å². The molecule has 0 saturated heterocycles. The first-order valence-electron chi connectivity index (χ1n) is 12.4. The smallest absolute Gasteiger partial charge is 0.309 e. The maximum Gasteiger partial charge on any atom is 0.309 e. The van der Waals surface area contributed by atoms with Crippen LogP contribution in [0.25, 0.3) is 10.2 Å². The minimum atomic E-state index is -0.378. The number of hydrogen-bond acceptors (Lipinski definition) is 8. The predicted octanol–water partition coefficient (Wildman–Crippen LogP) is 4.43. The van der Waals surface area contributed by atoms with E-state index >= 15 is 0 Å². The molecule has 3 aromatic heterocycles. The molecular formula is C26H28N4O4S. The summed E-state index contributed by atoms with van der Waals surface area (Å²) < 4.78 is 7.03. The molecule has 0 radical (unpaired) electrons. The predicted molar refractivity (Wildman–Crippen MR) is 134 cm³/mol. The molecule has 35 heavy (non-hydrogen) atoms. The van der Waals surface area contributed by atoms with Crippen molar-refractivity contribution in [2.45, 2.75) is 70.8 Å². The number of aryl methyl sites for hydroxylation is 2. The van der Waals surface area contributed by atoms with Crippen LogP contribution in [0.4, 0.5) is 11.5 Å². The summed E-state index contributed by atoms with van der Waals surface area (Å²) in [5.74, 6) is 0.394. The number of rotatable bonds is 4. The summed E-state index contributed by atoms with van der Waals surface area (Å²) in [6.45, 7) is 4.11. The number of nitrogens with one attached hydrogen (secondary N) is 1. The van der Waals surface area contributed by atoms with Crippen molar-refractivity contribution in [3.05, 3.63) is 44.4 Å². The summed E-state index contributed by atoms with van der Waals surface area (Å²) in [5, 5.41) is 4.24. The minimum Gasteiger partial charge on any atom is -0.466 e. The highest BCUT2D eigenvalue weighted by Gasteiger charge is 2.46. The Hall–Kier alpha value is -3.07. The molecule has 0 aromatic carbocycles. The summed E-state index contributed by atoms with van der Waals surface area (Å²) in [6, 6.07) is 1.78. The van der Waals surface area contributed by atoms with Crippen LogP contribution in [0, 0.1) is 12.8 Å². The number of esters is 1. The second kappa shape index (κ2) is 8.26. The Balaban J connectivity index is 1.41. The highest BCUT2D eigenvalue weighted by molar-refractivity contribution is 7.19. The largest absolute Gasteiger partial charge is 0.466 e. The first kappa shape index (κ1) is 22.4. The highest BCUT2D eigenvalue weighted by atomic mass is 32.1. The van der Waals surface area contributed by atoms with E-state index in [0.717, 1.165) is 64.7 Å². The van der Waals surface area contributed by atoms with Crippen LogP contribution >= 0.6 is 11.3 Å². The highest BCUT2D eigenvalue weighted by Crippen LogP contribution is 2.45. The molecule has 1 fully saturated rings. The van der Waals surface area contributed by atoms with E-state index in [1.165, 1.54) is 6.33 Å². The molecule has 8 nitrogen and oxygen atoms in total. The summed E-state index contributed by atoms with van der Waals surface area (Å²) in [7, 11) is 0. The zero-order valence-corrected chi connectivity index (χ0v) is 20.8. The fraction of sp³-hybridized carbons (Fsp3) is 0.500. The Bertz CT molecular complexity index is 1430. The van der Waals surface area contributed by atoms with E-state index in [4.69, 9.17) is 4.74 Å². The number of anilines is 2. The molecule has 3 aromatic rings. The second-order valence-corrected chi connectivity index (χ2v) is 11.1. The van der Waals surface area contributed by atoms with E-state index in [1.54, 1.807) is 22.0 Å². The average molecular weight is 493 g/mol. The number of carbonyl (C=O) groups excluding carboxylic acids is 2. The molecule has 6 rings (SSSR count). The lowest BCUT2D eigenvalue weighted by molar-refractivity contribution is -0.148. The number of nitrogens with zero attached hydrogens (tertiary/aromatic N) is 3. The molecule has 0 amide bonds. The van der Waals surface area contributed by atoms with Crippen LogP contribution in [0.5, 0.6) is 0 Å². The van der Waals surface area contributed by atoms with E-state index < -0.39 is 0 Å². The molecule has 1 N–H and O–H groups in total. The lowest BCUT2D eigenvalue weighted by atomic mass is 9.88. The van der Waals surface area contributed by atoms with Gasteiger partial charge in [-0.1, -0.05) is 12.8 Å². The topological polar surface area (TPSA) is 103 Å². The third-order valence-electron chi connectivity index (χ3n) is 7.87. The summed E-state index contributed by atoms with van der Waals surface area (Å²) in [5.41, 5.74) is 2.43. The van der Waals surface area contributed by atoms with Crippen LogP contribution in [-0.2, 0) is 27.9 Å². The molecule has 9 heteroatoms. The summed E-state index contributed by atoms with van der Waals surface area (Å²) in [4.78, 5) is 49.9. The lowest BCUT2D eigenvalue weighted by Crippen LogP contribution is -2.37. The first-order chi connectivity index (χ1) is 16.9. The number of hydrogen-bond donors (Lipinski definition) is 1. The Kier molecular flexibility index (Phi) is 5.28. The van der Waals surface area contributed by atoms with Crippen LogP contribution < -0.4 is 10.9 Å². The third kappa shape index (κ3) is 3.43. The van der Waals surface area contributed by atoms with E-state index in [1.807, 2.05) is 13.8 Å². The van der Waals surface area contributed by atoms with Gasteiger partial charge in [0.2, 0.25) is 0 Å². The van der Waals surface area contributed by atoms with Crippen molar-refractivity contribution in [2.24, 2.45) is 5.92 Å². The maximum atomic E-state index is 13.7. The number of carbonyl (C=O) groups is 2. The standard InChI is InChI=1S/C26H28N4O4S/c1-3-34-25(33)15-6-7-16-19(11-15)35-23-20(16)22(27-13-28-23)29-17-10-14(2)21-18(31)12-26(8-4-5-9-26)30(21)24(17)32/h10,13,15H,3-9,11-12H2,1-2H3,(H,27,28,29)/t15-/m0/s1. The number of aromatic nitrogens is 3. The quantitative estimate of drug-likeness (QED) is 0.538. The van der Waals surface area contributed by atoms with Gasteiger partial charge in [0.15, 0.2) is 5.78 Å². The number of ketones is 1. The third-order valence-corrected chi connectivity index (χ3v) is 9.03. The number of ether oxygens (including phenoxy) is 1. The Morgan fingerprint density at radius 2 is 2.09 bits per heavy atom. The Morgan fingerprint density at radius 3 is 2.86 bits per heavy atom. The van der Waals surface area contributed by atoms with E-state index in [2.05, 4.69) is 15.3 Å². The molecule has 0 bridgehead atoms. The number of Topliss-reactive ketones (excluding diaryl/α,β-unsaturated/α-hetero) is 1. The fourth-order valence-corrected chi connectivity index (χ4v) is 7.59. The van der Waals surface area contributed by atoms with Gasteiger partial charge in [0.25, 0.3) is 5.56 Å². The van der Waals surface area contributed by atoms with Gasteiger partial charge in [-0.05, 0) is 63.1 Å². The molecule has 0 unspecified atom stereocenters. The van der Waals surface area contributed by atoms with Crippen LogP contribution in [0.1, 0.15) is 71.9 Å². The van der Waals surface area contributed by atoms with Crippen molar-refractivity contribution in [1.82, 2.24) is 14.5 Å². The van der Waals surface area contributed by atoms with Crippen molar-refractivity contribution >= 4 is 44.8 Å². The summed E-state index contributed by atoms with van der Waals surface area (Å²) >= 11 is 1.58. The second-order valence-electron chi connectivity index (χ2n) is 9.98. The Labute approximate surface area is 206 Å². The van der Waals surface area contributed by atoms with Crippen molar-refractivity contribution in [2.75, 3.05) is 11.9 Å². The molecule has 182 valence electrons. The van der Waals surface area contributed by atoms with Crippen LogP contribution in [0.15, 0.2) is 17.2 Å². The maximum absolute atomic E-state index is 13.7. The van der Waals surface area contributed by atoms with Gasteiger partial charge < -0.3 is 10.1 Å². The van der Waals surface area contributed by atoms with Crippen LogP contribution in [-0.4, -0.2) is 32.9 Å². The monoisotopic (exact) mass is 492 g/mol. The zero-order valence-electron chi connectivity index (χ0n) is 20.0. The van der Waals surface area contributed by atoms with Crippen molar-refractivity contribution in [3.8, 4) is 0 Å². The Morgan fingerprint density at radius 1 is 1.29 bits per heavy atom. The zero-order chi connectivity index (χ0) is 24.3. The van der Waals surface area contributed by atoms with Gasteiger partial charge in [0.1, 0.15) is 22.7 Å². The van der Waals surface area contributed by atoms with Crippen LogP contribution in [0.2, 0.25) is 0 Å². The van der Waals surface area contributed by atoms with E-state index in [-0.39, 0.29) is 28.8 Å². The lowest BCUT2D eigenvalue weighted by Gasteiger charge is -2.26. The van der Waals surface area contributed by atoms with Gasteiger partial charge in [-0.15, -0.1) is 11.3 Å². The molecule has 1 saturated carbocycles. The molecule has 1 aliphatic heterocycles. The van der Waals surface area contributed by atoms with Crippen molar-refractivity contribution in [1.29, 1.82) is 0 Å². The molecule has 1 spiro atoms. The van der Waals surface area contributed by atoms with Gasteiger partial charge in [-0.3, -0.25) is 19.0 Å². The number of fused-ring (bicyclic) bond motifs is 5. The first-order valence-corrected chi connectivity index (χ1v) is 13.2. The molecule has 4 heterocycles. The minimum absolute atomic E-state index is 0.0699. The van der Waals surface area contributed by atoms with Crippen molar-refractivity contribution < 1.29 is 14.3 Å². The number of pyridine rings is 1. The van der Waals surface area contributed by atoms with E-state index in [0.29, 0.717) is 36.6 Å². The summed E-state index contributed by atoms with van der Waals surface area (Å²) in [6.07, 6.45) is 7.83. The normalized spacial score (nSPS) is 20.3. The SMILES string of the molecule is CCOC(=O)[C@H]1CCc2c(sc3ncnc(Nc4cc(C)c5n(c4=O)C4(CCCC4)CC5=O)c23)C1. The molecule has 2 aliphatic carbocycles. The van der Waals surface area contributed by atoms with Gasteiger partial charge in [0, 0.05) is 11.3 Å². The molecule has 3 aliphatic rings. The molecule has 1 atom stereocenters. The fourth-order valence-electron chi connectivity index (χ4n) is 6.32. The van der Waals surface area contributed by atoms with Crippen LogP contribution in [0.3, 0.4) is 0 Å². The number of thiophene rings is 1. The molecular weight excluding hydrogens is 464 g/mol. The average Bonchev–Trinajstić information content (AvgIpc) is 3.53. The van der Waals surface area contributed by atoms with Gasteiger partial charge >= 0.3 is 5.97 Å². The van der Waals surface area contributed by atoms with Gasteiger partial charge in [-0.2, -0.15) is 0 Å².